The molecular formula is C19H30ClN3O4S. The number of ether oxygens (including phenoxy) is 1. The van der Waals surface area contributed by atoms with Gasteiger partial charge in [0.1, 0.15) is 0 Å². The van der Waals surface area contributed by atoms with E-state index in [1.165, 1.54) is 10.4 Å². The number of amides is 1. The summed E-state index contributed by atoms with van der Waals surface area (Å²) in [6.07, 6.45) is 3.57. The van der Waals surface area contributed by atoms with Crippen LogP contribution in [-0.4, -0.2) is 57.5 Å². The monoisotopic (exact) mass is 431 g/mol. The molecule has 3 N–H and O–H groups in total. The van der Waals surface area contributed by atoms with E-state index < -0.39 is 10.0 Å². The van der Waals surface area contributed by atoms with Crippen LogP contribution in [-0.2, 0) is 21.2 Å². The van der Waals surface area contributed by atoms with Gasteiger partial charge in [-0.15, -0.1) is 12.4 Å². The van der Waals surface area contributed by atoms with Crippen LogP contribution in [0.2, 0.25) is 0 Å². The molecule has 7 nitrogen and oxygen atoms in total. The summed E-state index contributed by atoms with van der Waals surface area (Å²) in [6, 6.07) is 5.04. The van der Waals surface area contributed by atoms with E-state index in [2.05, 4.69) is 5.32 Å². The van der Waals surface area contributed by atoms with Gasteiger partial charge in [0.25, 0.3) is 5.91 Å². The summed E-state index contributed by atoms with van der Waals surface area (Å²) in [5.41, 5.74) is 6.89. The molecule has 1 amide bonds. The third kappa shape index (κ3) is 4.86. The number of aryl methyl sites for hydroxylation is 1. The van der Waals surface area contributed by atoms with Crippen molar-refractivity contribution in [2.24, 2.45) is 11.7 Å². The Balaban J connectivity index is 0.00000280. The lowest BCUT2D eigenvalue weighted by Gasteiger charge is -2.27. The van der Waals surface area contributed by atoms with Crippen LogP contribution in [0.25, 0.3) is 0 Å². The van der Waals surface area contributed by atoms with Gasteiger partial charge in [-0.25, -0.2) is 8.42 Å². The van der Waals surface area contributed by atoms with E-state index in [1.54, 1.807) is 12.1 Å². The quantitative estimate of drug-likeness (QED) is 0.711. The minimum Gasteiger partial charge on any atom is -0.379 e. The van der Waals surface area contributed by atoms with Gasteiger partial charge in [0, 0.05) is 24.7 Å². The molecule has 1 saturated carbocycles. The summed E-state index contributed by atoms with van der Waals surface area (Å²) in [5.74, 6) is 0.0573. The molecule has 2 fully saturated rings. The fraction of sp³-hybridized carbons (Fsp3) is 0.632. The zero-order chi connectivity index (χ0) is 19.4. The Morgan fingerprint density at radius 2 is 2.00 bits per heavy atom. The molecule has 1 saturated heterocycles. The topological polar surface area (TPSA) is 102 Å². The van der Waals surface area contributed by atoms with Crippen LogP contribution in [0.3, 0.4) is 0 Å². The van der Waals surface area contributed by atoms with Gasteiger partial charge in [-0.3, -0.25) is 4.79 Å². The highest BCUT2D eigenvalue weighted by atomic mass is 35.5. The summed E-state index contributed by atoms with van der Waals surface area (Å²) >= 11 is 0. The van der Waals surface area contributed by atoms with Crippen molar-refractivity contribution in [3.05, 3.63) is 29.3 Å². The molecule has 2 unspecified atom stereocenters. The number of rotatable bonds is 6. The molecule has 2 aliphatic rings. The number of nitrogens with one attached hydrogen (secondary N) is 1. The number of morpholine rings is 1. The minimum atomic E-state index is -3.65. The first kappa shape index (κ1) is 23.1. The molecule has 1 aliphatic carbocycles. The third-order valence-corrected chi connectivity index (χ3v) is 7.56. The number of carbonyl (C=O) groups excluding carboxylic acids is 1. The second kappa shape index (κ2) is 10.0. The zero-order valence-electron chi connectivity index (χ0n) is 16.2. The molecule has 1 aliphatic heterocycles. The number of carbonyl (C=O) groups is 1. The molecule has 0 radical (unpaired) electrons. The van der Waals surface area contributed by atoms with Gasteiger partial charge < -0.3 is 15.8 Å². The Bertz CT molecular complexity index is 781. The van der Waals surface area contributed by atoms with Crippen molar-refractivity contribution in [3.8, 4) is 0 Å². The number of halogens is 1. The van der Waals surface area contributed by atoms with Crippen LogP contribution in [0.1, 0.15) is 42.1 Å². The summed E-state index contributed by atoms with van der Waals surface area (Å²) in [7, 11) is -3.65. The number of hydrogen-bond acceptors (Lipinski definition) is 5. The van der Waals surface area contributed by atoms with Gasteiger partial charge >= 0.3 is 0 Å². The standard InChI is InChI=1S/C19H29N3O4S.ClH/c1-2-14-6-7-15(19(23)21-17-5-3-4-16(17)13-20)12-18(14)27(24,25)22-8-10-26-11-9-22;/h6-7,12,16-17H,2-5,8-11,13,20H2,1H3,(H,21,23);1H. The van der Waals surface area contributed by atoms with E-state index in [1.807, 2.05) is 6.92 Å². The first-order chi connectivity index (χ1) is 13.0. The Kier molecular flexibility index (Phi) is 8.27. The lowest BCUT2D eigenvalue weighted by molar-refractivity contribution is 0.0730. The second-order valence-electron chi connectivity index (χ2n) is 7.20. The average molecular weight is 432 g/mol. The van der Waals surface area contributed by atoms with Gasteiger partial charge in [0.05, 0.1) is 18.1 Å². The van der Waals surface area contributed by atoms with Gasteiger partial charge in [-0.05, 0) is 49.4 Å². The maximum atomic E-state index is 13.1. The van der Waals surface area contributed by atoms with E-state index in [0.717, 1.165) is 24.8 Å². The fourth-order valence-electron chi connectivity index (χ4n) is 3.91. The molecule has 2 atom stereocenters. The third-order valence-electron chi connectivity index (χ3n) is 5.58. The summed E-state index contributed by atoms with van der Waals surface area (Å²) < 4.78 is 32.9. The van der Waals surface area contributed by atoms with E-state index in [0.29, 0.717) is 50.8 Å². The average Bonchev–Trinajstić information content (AvgIpc) is 3.15. The van der Waals surface area contributed by atoms with Crippen LogP contribution in [0.4, 0.5) is 0 Å². The first-order valence-electron chi connectivity index (χ1n) is 9.69. The highest BCUT2D eigenvalue weighted by molar-refractivity contribution is 7.89. The maximum Gasteiger partial charge on any atom is 0.251 e. The SMILES string of the molecule is CCc1ccc(C(=O)NC2CCCC2CN)cc1S(=O)(=O)N1CCOCC1.Cl. The van der Waals surface area contributed by atoms with Crippen molar-refractivity contribution in [2.45, 2.75) is 43.5 Å². The second-order valence-corrected chi connectivity index (χ2v) is 9.11. The van der Waals surface area contributed by atoms with E-state index in [4.69, 9.17) is 10.5 Å². The van der Waals surface area contributed by atoms with Crippen molar-refractivity contribution >= 4 is 28.3 Å². The zero-order valence-corrected chi connectivity index (χ0v) is 17.9. The highest BCUT2D eigenvalue weighted by Crippen LogP contribution is 2.26. The van der Waals surface area contributed by atoms with Crippen LogP contribution in [0, 0.1) is 5.92 Å². The van der Waals surface area contributed by atoms with Crippen LogP contribution < -0.4 is 11.1 Å². The summed E-state index contributed by atoms with van der Waals surface area (Å²) in [5, 5.41) is 3.04. The van der Waals surface area contributed by atoms with Crippen molar-refractivity contribution in [1.29, 1.82) is 0 Å². The Morgan fingerprint density at radius 3 is 2.64 bits per heavy atom. The van der Waals surface area contributed by atoms with E-state index in [-0.39, 0.29) is 29.3 Å². The Labute approximate surface area is 173 Å². The molecule has 1 heterocycles. The molecule has 9 heteroatoms. The van der Waals surface area contributed by atoms with Crippen LogP contribution >= 0.6 is 12.4 Å². The lowest BCUT2D eigenvalue weighted by Crippen LogP contribution is -2.41. The van der Waals surface area contributed by atoms with E-state index in [9.17, 15) is 13.2 Å². The lowest BCUT2D eigenvalue weighted by atomic mass is 10.0. The van der Waals surface area contributed by atoms with Gasteiger partial charge in [-0.2, -0.15) is 4.31 Å². The van der Waals surface area contributed by atoms with Crippen LogP contribution in [0.5, 0.6) is 0 Å². The fourth-order valence-corrected chi connectivity index (χ4v) is 5.64. The van der Waals surface area contributed by atoms with Gasteiger partial charge in [0.2, 0.25) is 10.0 Å². The number of nitrogens with zero attached hydrogens (tertiary/aromatic N) is 1. The van der Waals surface area contributed by atoms with Crippen molar-refractivity contribution < 1.29 is 17.9 Å². The van der Waals surface area contributed by atoms with Gasteiger partial charge in [0.15, 0.2) is 0 Å². The number of hydrogen-bond donors (Lipinski definition) is 2. The molecule has 3 rings (SSSR count). The molecule has 0 bridgehead atoms. The van der Waals surface area contributed by atoms with Gasteiger partial charge in [-0.1, -0.05) is 19.4 Å². The Hall–Kier alpha value is -1.19. The Morgan fingerprint density at radius 1 is 1.29 bits per heavy atom. The minimum absolute atomic E-state index is 0. The van der Waals surface area contributed by atoms with Crippen molar-refractivity contribution in [2.75, 3.05) is 32.8 Å². The maximum absolute atomic E-state index is 13.1. The predicted octanol–water partition coefficient (Wildman–Crippen LogP) is 1.55. The van der Waals surface area contributed by atoms with Crippen molar-refractivity contribution in [1.82, 2.24) is 9.62 Å². The first-order valence-corrected chi connectivity index (χ1v) is 11.1. The predicted molar refractivity (Wildman–Crippen MR) is 110 cm³/mol. The highest BCUT2D eigenvalue weighted by Gasteiger charge is 2.30. The smallest absolute Gasteiger partial charge is 0.251 e. The number of benzene rings is 1. The number of nitrogens with two attached hydrogens (primary N) is 1. The molecule has 0 spiro atoms. The molecule has 1 aromatic rings. The summed E-state index contributed by atoms with van der Waals surface area (Å²) in [6.45, 7) is 3.92. The number of sulfonamides is 1. The molecule has 0 aromatic heterocycles. The molecule has 1 aromatic carbocycles. The summed E-state index contributed by atoms with van der Waals surface area (Å²) in [4.78, 5) is 13.0. The molecule has 28 heavy (non-hydrogen) atoms. The van der Waals surface area contributed by atoms with E-state index >= 15 is 0 Å². The van der Waals surface area contributed by atoms with Crippen molar-refractivity contribution in [3.63, 3.8) is 0 Å². The molecular weight excluding hydrogens is 402 g/mol. The molecule has 158 valence electrons. The largest absolute Gasteiger partial charge is 0.379 e. The van der Waals surface area contributed by atoms with Crippen LogP contribution in [0.15, 0.2) is 23.1 Å². The normalized spacial score (nSPS) is 23.2.